The predicted octanol–water partition coefficient (Wildman–Crippen LogP) is 3.78. The predicted molar refractivity (Wildman–Crippen MR) is 68.9 cm³/mol. The van der Waals surface area contributed by atoms with Crippen LogP contribution in [0.2, 0.25) is 0 Å². The highest BCUT2D eigenvalue weighted by Crippen LogP contribution is 2.28. The molecule has 16 heavy (non-hydrogen) atoms. The number of rotatable bonds is 2. The molecular formula is C10H5BrFIN2O. The van der Waals surface area contributed by atoms with Crippen molar-refractivity contribution in [2.75, 3.05) is 0 Å². The van der Waals surface area contributed by atoms with Crippen molar-refractivity contribution in [3.63, 3.8) is 0 Å². The van der Waals surface area contributed by atoms with Gasteiger partial charge in [0.05, 0.1) is 3.57 Å². The molecule has 1 aromatic heterocycles. The molecule has 0 unspecified atom stereocenters. The second-order valence-electron chi connectivity index (χ2n) is 2.85. The summed E-state index contributed by atoms with van der Waals surface area (Å²) in [5, 5.41) is 0. The Morgan fingerprint density at radius 3 is 2.94 bits per heavy atom. The first-order valence-electron chi connectivity index (χ1n) is 4.25. The lowest BCUT2D eigenvalue weighted by Gasteiger charge is -2.06. The molecule has 0 saturated carbocycles. The van der Waals surface area contributed by atoms with E-state index in [0.29, 0.717) is 5.88 Å². The zero-order chi connectivity index (χ0) is 11.5. The van der Waals surface area contributed by atoms with Gasteiger partial charge in [0, 0.05) is 10.7 Å². The Labute approximate surface area is 113 Å². The van der Waals surface area contributed by atoms with Crippen LogP contribution in [0.25, 0.3) is 0 Å². The minimum atomic E-state index is -0.433. The maximum atomic E-state index is 13.4. The third-order valence-electron chi connectivity index (χ3n) is 1.73. The van der Waals surface area contributed by atoms with Gasteiger partial charge in [-0.05, 0) is 40.8 Å². The van der Waals surface area contributed by atoms with Gasteiger partial charge in [0.15, 0.2) is 11.6 Å². The lowest BCUT2D eigenvalue weighted by Crippen LogP contribution is -1.94. The SMILES string of the molecule is Fc1ccc(Br)cc1Oc1ncncc1I. The smallest absolute Gasteiger partial charge is 0.235 e. The third kappa shape index (κ3) is 2.67. The minimum absolute atomic E-state index is 0.131. The summed E-state index contributed by atoms with van der Waals surface area (Å²) in [6.07, 6.45) is 2.95. The van der Waals surface area contributed by atoms with Crippen LogP contribution in [0.1, 0.15) is 0 Å². The van der Waals surface area contributed by atoms with Crippen LogP contribution in [0.15, 0.2) is 35.2 Å². The molecular weight excluding hydrogens is 390 g/mol. The third-order valence-corrected chi connectivity index (χ3v) is 2.97. The molecule has 0 spiro atoms. The first-order chi connectivity index (χ1) is 7.66. The second kappa shape index (κ2) is 5.05. The van der Waals surface area contributed by atoms with Gasteiger partial charge in [0.1, 0.15) is 6.33 Å². The van der Waals surface area contributed by atoms with Crippen LogP contribution in [0.3, 0.4) is 0 Å². The molecule has 0 amide bonds. The van der Waals surface area contributed by atoms with Crippen molar-refractivity contribution in [3.8, 4) is 11.6 Å². The number of halogens is 3. The molecule has 6 heteroatoms. The topological polar surface area (TPSA) is 35.0 Å². The normalized spacial score (nSPS) is 10.2. The minimum Gasteiger partial charge on any atom is -0.435 e. The highest BCUT2D eigenvalue weighted by atomic mass is 127. The molecule has 0 atom stereocenters. The molecule has 0 aliphatic rings. The van der Waals surface area contributed by atoms with Gasteiger partial charge in [-0.25, -0.2) is 14.4 Å². The number of aromatic nitrogens is 2. The van der Waals surface area contributed by atoms with Gasteiger partial charge in [0.25, 0.3) is 0 Å². The molecule has 0 aliphatic carbocycles. The molecule has 0 N–H and O–H groups in total. The van der Waals surface area contributed by atoms with E-state index in [1.54, 1.807) is 18.3 Å². The molecule has 0 aliphatic heterocycles. The van der Waals surface area contributed by atoms with Crippen LogP contribution < -0.4 is 4.74 Å². The molecule has 82 valence electrons. The summed E-state index contributed by atoms with van der Waals surface area (Å²) in [4.78, 5) is 7.75. The Kier molecular flexibility index (Phi) is 3.70. The first kappa shape index (κ1) is 11.7. The van der Waals surface area contributed by atoms with Crippen LogP contribution in [0.5, 0.6) is 11.6 Å². The molecule has 2 aromatic rings. The summed E-state index contributed by atoms with van der Waals surface area (Å²) in [6.45, 7) is 0. The van der Waals surface area contributed by atoms with Gasteiger partial charge >= 0.3 is 0 Å². The molecule has 1 aromatic carbocycles. The average Bonchev–Trinajstić information content (AvgIpc) is 2.27. The molecule has 3 nitrogen and oxygen atoms in total. The van der Waals surface area contributed by atoms with E-state index in [1.165, 1.54) is 12.4 Å². The van der Waals surface area contributed by atoms with Crippen LogP contribution in [0.4, 0.5) is 4.39 Å². The molecule has 0 bridgehead atoms. The van der Waals surface area contributed by atoms with Crippen molar-refractivity contribution < 1.29 is 9.13 Å². The quantitative estimate of drug-likeness (QED) is 0.727. The van der Waals surface area contributed by atoms with Gasteiger partial charge in [-0.15, -0.1) is 0 Å². The Hall–Kier alpha value is -0.760. The fraction of sp³-hybridized carbons (Fsp3) is 0. The monoisotopic (exact) mass is 394 g/mol. The Morgan fingerprint density at radius 1 is 1.38 bits per heavy atom. The molecule has 0 fully saturated rings. The summed E-state index contributed by atoms with van der Waals surface area (Å²) in [7, 11) is 0. The van der Waals surface area contributed by atoms with Crippen molar-refractivity contribution in [3.05, 3.63) is 44.6 Å². The van der Waals surface area contributed by atoms with Crippen LogP contribution >= 0.6 is 38.5 Å². The fourth-order valence-electron chi connectivity index (χ4n) is 1.04. The van der Waals surface area contributed by atoms with Gasteiger partial charge in [-0.1, -0.05) is 15.9 Å². The Morgan fingerprint density at radius 2 is 2.19 bits per heavy atom. The number of hydrogen-bond acceptors (Lipinski definition) is 3. The van der Waals surface area contributed by atoms with Crippen LogP contribution in [-0.2, 0) is 0 Å². The van der Waals surface area contributed by atoms with E-state index in [2.05, 4.69) is 25.9 Å². The lowest BCUT2D eigenvalue weighted by molar-refractivity contribution is 0.423. The zero-order valence-electron chi connectivity index (χ0n) is 7.82. The van der Waals surface area contributed by atoms with E-state index in [0.717, 1.165) is 8.04 Å². The van der Waals surface area contributed by atoms with Crippen LogP contribution in [0, 0.1) is 9.39 Å². The zero-order valence-corrected chi connectivity index (χ0v) is 11.6. The standard InChI is InChI=1S/C10H5BrFIN2O/c11-6-1-2-7(12)9(3-6)16-10-8(13)4-14-5-15-10/h1-5H. The largest absolute Gasteiger partial charge is 0.435 e. The van der Waals surface area contributed by atoms with E-state index in [4.69, 9.17) is 4.74 Å². The van der Waals surface area contributed by atoms with E-state index in [1.807, 2.05) is 22.6 Å². The number of hydrogen-bond donors (Lipinski definition) is 0. The van der Waals surface area contributed by atoms with Crippen molar-refractivity contribution in [1.82, 2.24) is 9.97 Å². The van der Waals surface area contributed by atoms with Crippen molar-refractivity contribution >= 4 is 38.5 Å². The summed E-state index contributed by atoms with van der Waals surface area (Å²) < 4.78 is 20.2. The lowest BCUT2D eigenvalue weighted by atomic mass is 10.3. The Bertz CT molecular complexity index is 524. The van der Waals surface area contributed by atoms with Crippen molar-refractivity contribution in [2.24, 2.45) is 0 Å². The summed E-state index contributed by atoms with van der Waals surface area (Å²) >= 11 is 5.27. The summed E-state index contributed by atoms with van der Waals surface area (Å²) in [5.41, 5.74) is 0. The highest BCUT2D eigenvalue weighted by Gasteiger charge is 2.08. The van der Waals surface area contributed by atoms with Gasteiger partial charge < -0.3 is 4.74 Å². The fourth-order valence-corrected chi connectivity index (χ4v) is 1.79. The first-order valence-corrected chi connectivity index (χ1v) is 6.12. The average molecular weight is 395 g/mol. The summed E-state index contributed by atoms with van der Waals surface area (Å²) in [6, 6.07) is 4.48. The van der Waals surface area contributed by atoms with Crippen molar-refractivity contribution in [2.45, 2.75) is 0 Å². The van der Waals surface area contributed by atoms with Gasteiger partial charge in [-0.2, -0.15) is 0 Å². The van der Waals surface area contributed by atoms with E-state index in [-0.39, 0.29) is 5.75 Å². The molecule has 0 radical (unpaired) electrons. The molecule has 1 heterocycles. The van der Waals surface area contributed by atoms with Crippen LogP contribution in [-0.4, -0.2) is 9.97 Å². The van der Waals surface area contributed by atoms with Gasteiger partial charge in [-0.3, -0.25) is 0 Å². The molecule has 0 saturated heterocycles. The second-order valence-corrected chi connectivity index (χ2v) is 4.93. The Balaban J connectivity index is 2.34. The maximum Gasteiger partial charge on any atom is 0.235 e. The van der Waals surface area contributed by atoms with Crippen molar-refractivity contribution in [1.29, 1.82) is 0 Å². The van der Waals surface area contributed by atoms with Gasteiger partial charge in [0.2, 0.25) is 5.88 Å². The number of nitrogens with zero attached hydrogens (tertiary/aromatic N) is 2. The van der Waals surface area contributed by atoms with E-state index < -0.39 is 5.82 Å². The van der Waals surface area contributed by atoms with E-state index >= 15 is 0 Å². The number of benzene rings is 1. The van der Waals surface area contributed by atoms with E-state index in [9.17, 15) is 4.39 Å². The maximum absolute atomic E-state index is 13.4. The highest BCUT2D eigenvalue weighted by molar-refractivity contribution is 14.1. The number of ether oxygens (including phenoxy) is 1. The molecule has 2 rings (SSSR count). The summed E-state index contributed by atoms with van der Waals surface area (Å²) in [5.74, 6) is 0.0382.